The Labute approximate surface area is 140 Å². The van der Waals surface area contributed by atoms with Gasteiger partial charge in [-0.1, -0.05) is 24.3 Å². The number of ether oxygens (including phenoxy) is 1. The number of carbonyl (C=O) groups is 1. The van der Waals surface area contributed by atoms with Gasteiger partial charge in [0, 0.05) is 31.7 Å². The van der Waals surface area contributed by atoms with Crippen molar-refractivity contribution in [2.75, 3.05) is 7.11 Å². The third kappa shape index (κ3) is 3.78. The zero-order valence-corrected chi connectivity index (χ0v) is 13.3. The number of rotatable bonds is 6. The number of carbonyl (C=O) groups excluding carboxylic acids is 1. The smallest absolute Gasteiger partial charge is 0.257 e. The van der Waals surface area contributed by atoms with E-state index in [2.05, 4.69) is 15.3 Å². The van der Waals surface area contributed by atoms with Gasteiger partial charge < -0.3 is 14.6 Å². The number of nitrogens with one attached hydrogen (secondary N) is 1. The summed E-state index contributed by atoms with van der Waals surface area (Å²) in [7, 11) is 1.50. The molecule has 0 aliphatic carbocycles. The number of amides is 1. The summed E-state index contributed by atoms with van der Waals surface area (Å²) in [5.41, 5.74) is 2.63. The molecule has 3 rings (SSSR count). The van der Waals surface area contributed by atoms with E-state index in [1.54, 1.807) is 30.9 Å². The van der Waals surface area contributed by atoms with Gasteiger partial charge in [-0.3, -0.25) is 4.79 Å². The second-order valence-electron chi connectivity index (χ2n) is 5.29. The first-order chi connectivity index (χ1) is 11.8. The summed E-state index contributed by atoms with van der Waals surface area (Å²) in [6, 6.07) is 11.5. The molecule has 1 amide bonds. The van der Waals surface area contributed by atoms with Crippen LogP contribution in [0.3, 0.4) is 0 Å². The molecule has 1 aromatic carbocycles. The predicted octanol–water partition coefficient (Wildman–Crippen LogP) is 2.27. The molecule has 3 aromatic rings. The summed E-state index contributed by atoms with van der Waals surface area (Å²) < 4.78 is 7.11. The summed E-state index contributed by atoms with van der Waals surface area (Å²) >= 11 is 0. The van der Waals surface area contributed by atoms with Crippen LogP contribution in [0.25, 0.3) is 0 Å². The van der Waals surface area contributed by atoms with Gasteiger partial charge in [0.2, 0.25) is 5.88 Å². The Balaban J connectivity index is 1.59. The summed E-state index contributed by atoms with van der Waals surface area (Å²) in [4.78, 5) is 20.3. The van der Waals surface area contributed by atoms with E-state index in [9.17, 15) is 4.79 Å². The number of pyridine rings is 1. The molecule has 0 saturated carbocycles. The number of nitrogens with zero attached hydrogens (tertiary/aromatic N) is 3. The van der Waals surface area contributed by atoms with Crippen LogP contribution in [0.2, 0.25) is 0 Å². The highest BCUT2D eigenvalue weighted by molar-refractivity contribution is 5.96. The molecule has 0 unspecified atom stereocenters. The van der Waals surface area contributed by atoms with Gasteiger partial charge in [0.15, 0.2) is 0 Å². The minimum Gasteiger partial charge on any atom is -0.480 e. The van der Waals surface area contributed by atoms with Crippen molar-refractivity contribution in [2.45, 2.75) is 13.1 Å². The zero-order chi connectivity index (χ0) is 16.8. The lowest BCUT2D eigenvalue weighted by Crippen LogP contribution is -2.23. The van der Waals surface area contributed by atoms with E-state index < -0.39 is 0 Å². The van der Waals surface area contributed by atoms with Crippen LogP contribution in [0.5, 0.6) is 5.88 Å². The maximum atomic E-state index is 12.2. The molecular weight excluding hydrogens is 304 g/mol. The second kappa shape index (κ2) is 7.41. The Morgan fingerprint density at radius 2 is 1.96 bits per heavy atom. The van der Waals surface area contributed by atoms with Crippen LogP contribution < -0.4 is 10.1 Å². The van der Waals surface area contributed by atoms with Gasteiger partial charge in [-0.15, -0.1) is 0 Å². The zero-order valence-electron chi connectivity index (χ0n) is 13.3. The lowest BCUT2D eigenvalue weighted by atomic mass is 10.1. The minimum absolute atomic E-state index is 0.206. The molecule has 0 fully saturated rings. The van der Waals surface area contributed by atoms with Crippen LogP contribution in [0.1, 0.15) is 21.5 Å². The highest BCUT2D eigenvalue weighted by Gasteiger charge is 2.12. The van der Waals surface area contributed by atoms with Gasteiger partial charge in [-0.25, -0.2) is 9.97 Å². The Morgan fingerprint density at radius 1 is 1.17 bits per heavy atom. The number of hydrogen-bond donors (Lipinski definition) is 1. The quantitative estimate of drug-likeness (QED) is 0.756. The van der Waals surface area contributed by atoms with Crippen LogP contribution in [-0.4, -0.2) is 27.6 Å². The monoisotopic (exact) mass is 322 g/mol. The molecule has 0 atom stereocenters. The van der Waals surface area contributed by atoms with Crippen LogP contribution in [0.4, 0.5) is 0 Å². The molecule has 2 heterocycles. The number of methoxy groups -OCH3 is 1. The van der Waals surface area contributed by atoms with Gasteiger partial charge in [0.1, 0.15) is 5.56 Å². The van der Waals surface area contributed by atoms with Gasteiger partial charge in [0.05, 0.1) is 13.4 Å². The maximum Gasteiger partial charge on any atom is 0.257 e. The van der Waals surface area contributed by atoms with E-state index in [0.717, 1.165) is 12.1 Å². The van der Waals surface area contributed by atoms with E-state index in [0.29, 0.717) is 18.0 Å². The van der Waals surface area contributed by atoms with Crippen molar-refractivity contribution in [3.8, 4) is 5.88 Å². The number of imidazole rings is 1. The average molecular weight is 322 g/mol. The number of hydrogen-bond acceptors (Lipinski definition) is 4. The van der Waals surface area contributed by atoms with Gasteiger partial charge in [0.25, 0.3) is 5.91 Å². The van der Waals surface area contributed by atoms with Crippen molar-refractivity contribution in [1.29, 1.82) is 0 Å². The third-order valence-electron chi connectivity index (χ3n) is 3.61. The molecule has 6 heteroatoms. The molecule has 2 aromatic heterocycles. The first-order valence-corrected chi connectivity index (χ1v) is 7.57. The summed E-state index contributed by atoms with van der Waals surface area (Å²) in [5.74, 6) is 0.119. The fourth-order valence-corrected chi connectivity index (χ4v) is 2.36. The van der Waals surface area contributed by atoms with Crippen molar-refractivity contribution < 1.29 is 9.53 Å². The molecular formula is C18H18N4O2. The van der Waals surface area contributed by atoms with Crippen molar-refractivity contribution in [2.24, 2.45) is 0 Å². The normalized spacial score (nSPS) is 10.4. The first kappa shape index (κ1) is 15.7. The van der Waals surface area contributed by atoms with Gasteiger partial charge in [-0.2, -0.15) is 0 Å². The lowest BCUT2D eigenvalue weighted by Gasteiger charge is -2.09. The molecule has 0 aliphatic heterocycles. The molecule has 0 aliphatic rings. The molecule has 6 nitrogen and oxygen atoms in total. The fourth-order valence-electron chi connectivity index (χ4n) is 2.36. The van der Waals surface area contributed by atoms with E-state index in [1.807, 2.05) is 35.0 Å². The highest BCUT2D eigenvalue weighted by atomic mass is 16.5. The summed E-state index contributed by atoms with van der Waals surface area (Å²) in [6.45, 7) is 1.22. The molecule has 0 radical (unpaired) electrons. The van der Waals surface area contributed by atoms with Gasteiger partial charge in [-0.05, 0) is 23.3 Å². The van der Waals surface area contributed by atoms with Crippen LogP contribution in [0, 0.1) is 0 Å². The number of aromatic nitrogens is 3. The molecule has 0 spiro atoms. The third-order valence-corrected chi connectivity index (χ3v) is 3.61. The van der Waals surface area contributed by atoms with Crippen molar-refractivity contribution in [3.05, 3.63) is 78.0 Å². The van der Waals surface area contributed by atoms with Crippen LogP contribution in [-0.2, 0) is 13.1 Å². The summed E-state index contributed by atoms with van der Waals surface area (Å²) in [5, 5.41) is 2.88. The van der Waals surface area contributed by atoms with Crippen molar-refractivity contribution >= 4 is 5.91 Å². The fraction of sp³-hybridized carbons (Fsp3) is 0.167. The first-order valence-electron chi connectivity index (χ1n) is 7.57. The Morgan fingerprint density at radius 3 is 2.67 bits per heavy atom. The van der Waals surface area contributed by atoms with Gasteiger partial charge >= 0.3 is 0 Å². The number of benzene rings is 1. The predicted molar refractivity (Wildman–Crippen MR) is 89.7 cm³/mol. The van der Waals surface area contributed by atoms with Crippen molar-refractivity contribution in [1.82, 2.24) is 19.9 Å². The van der Waals surface area contributed by atoms with E-state index >= 15 is 0 Å². The van der Waals surface area contributed by atoms with E-state index in [1.165, 1.54) is 12.7 Å². The second-order valence-corrected chi connectivity index (χ2v) is 5.29. The molecule has 1 N–H and O–H groups in total. The maximum absolute atomic E-state index is 12.2. The lowest BCUT2D eigenvalue weighted by molar-refractivity contribution is 0.0947. The molecule has 24 heavy (non-hydrogen) atoms. The van der Waals surface area contributed by atoms with E-state index in [4.69, 9.17) is 4.74 Å². The Kier molecular flexibility index (Phi) is 4.86. The molecule has 0 bridgehead atoms. The highest BCUT2D eigenvalue weighted by Crippen LogP contribution is 2.13. The molecule has 0 saturated heterocycles. The largest absolute Gasteiger partial charge is 0.480 e. The van der Waals surface area contributed by atoms with Crippen LogP contribution >= 0.6 is 0 Å². The Bertz CT molecular complexity index is 798. The average Bonchev–Trinajstić information content (AvgIpc) is 3.14. The van der Waals surface area contributed by atoms with E-state index in [-0.39, 0.29) is 5.91 Å². The standard InChI is InChI=1S/C18H18N4O2/c1-24-18-16(3-2-8-20-18)17(23)21-11-14-4-6-15(7-5-14)12-22-10-9-19-13-22/h2-10,13H,11-12H2,1H3,(H,21,23). The minimum atomic E-state index is -0.206. The summed E-state index contributed by atoms with van der Waals surface area (Å²) in [6.07, 6.45) is 7.07. The SMILES string of the molecule is COc1ncccc1C(=O)NCc1ccc(Cn2ccnc2)cc1. The molecule has 122 valence electrons. The topological polar surface area (TPSA) is 69.0 Å². The van der Waals surface area contributed by atoms with Crippen molar-refractivity contribution in [3.63, 3.8) is 0 Å². The Hall–Kier alpha value is -3.15. The van der Waals surface area contributed by atoms with Crippen LogP contribution in [0.15, 0.2) is 61.3 Å².